The van der Waals surface area contributed by atoms with E-state index in [0.717, 1.165) is 11.3 Å². The lowest BCUT2D eigenvalue weighted by atomic mass is 10.0. The molecule has 0 spiro atoms. The SMILES string of the molecule is CC(C)(CNC(=O)Cc1ccccc1)NCC(O)COc1ccccc1.O. The molecule has 2 aromatic carbocycles. The Balaban J connectivity index is 0.00000364. The van der Waals surface area contributed by atoms with Gasteiger partial charge in [-0.05, 0) is 31.5 Å². The fraction of sp³-hybridized carbons (Fsp3) is 0.381. The molecule has 0 saturated heterocycles. The summed E-state index contributed by atoms with van der Waals surface area (Å²) in [6.07, 6.45) is -0.265. The molecule has 0 saturated carbocycles. The Hall–Kier alpha value is -2.41. The molecule has 148 valence electrons. The van der Waals surface area contributed by atoms with E-state index >= 15 is 0 Å². The third kappa shape index (κ3) is 9.19. The standard InChI is InChI=1S/C21H28N2O3.H2O/c1-21(2,16-22-20(25)13-17-9-5-3-6-10-17)23-14-18(24)15-26-19-11-7-4-8-12-19;/h3-12,18,23-24H,13-16H2,1-2H3,(H,22,25);1H2. The lowest BCUT2D eigenvalue weighted by Crippen LogP contribution is -2.52. The van der Waals surface area contributed by atoms with Gasteiger partial charge in [0.2, 0.25) is 5.91 Å². The topological polar surface area (TPSA) is 102 Å². The predicted molar refractivity (Wildman–Crippen MR) is 107 cm³/mol. The second-order valence-corrected chi connectivity index (χ2v) is 6.98. The molecule has 1 atom stereocenters. The Morgan fingerprint density at radius 1 is 1.07 bits per heavy atom. The fourth-order valence-corrected chi connectivity index (χ4v) is 2.39. The van der Waals surface area contributed by atoms with Gasteiger partial charge in [-0.25, -0.2) is 0 Å². The number of hydrogen-bond donors (Lipinski definition) is 3. The summed E-state index contributed by atoms with van der Waals surface area (Å²) >= 11 is 0. The monoisotopic (exact) mass is 374 g/mol. The molecule has 0 aromatic heterocycles. The maximum atomic E-state index is 12.0. The van der Waals surface area contributed by atoms with Gasteiger partial charge in [-0.1, -0.05) is 48.5 Å². The van der Waals surface area contributed by atoms with Crippen LogP contribution in [-0.4, -0.2) is 47.8 Å². The fourth-order valence-electron chi connectivity index (χ4n) is 2.39. The minimum Gasteiger partial charge on any atom is -0.491 e. The van der Waals surface area contributed by atoms with Gasteiger partial charge in [0, 0.05) is 18.6 Å². The van der Waals surface area contributed by atoms with Crippen molar-refractivity contribution < 1.29 is 20.1 Å². The van der Waals surface area contributed by atoms with Crippen LogP contribution in [0.5, 0.6) is 5.75 Å². The van der Waals surface area contributed by atoms with Gasteiger partial charge in [-0.3, -0.25) is 4.79 Å². The Bertz CT molecular complexity index is 662. The maximum absolute atomic E-state index is 12.0. The van der Waals surface area contributed by atoms with E-state index in [2.05, 4.69) is 10.6 Å². The van der Waals surface area contributed by atoms with Crippen molar-refractivity contribution in [2.45, 2.75) is 31.9 Å². The van der Waals surface area contributed by atoms with Gasteiger partial charge >= 0.3 is 0 Å². The molecule has 2 rings (SSSR count). The van der Waals surface area contributed by atoms with E-state index in [-0.39, 0.29) is 23.5 Å². The van der Waals surface area contributed by atoms with Crippen LogP contribution in [0.3, 0.4) is 0 Å². The summed E-state index contributed by atoms with van der Waals surface area (Å²) in [5.41, 5.74) is 0.657. The summed E-state index contributed by atoms with van der Waals surface area (Å²) in [6, 6.07) is 19.1. The van der Waals surface area contributed by atoms with Crippen molar-refractivity contribution in [1.29, 1.82) is 0 Å². The molecule has 0 aliphatic heterocycles. The maximum Gasteiger partial charge on any atom is 0.224 e. The summed E-state index contributed by atoms with van der Waals surface area (Å²) < 4.78 is 5.54. The summed E-state index contributed by atoms with van der Waals surface area (Å²) in [5.74, 6) is 0.720. The lowest BCUT2D eigenvalue weighted by Gasteiger charge is -2.28. The molecule has 6 heteroatoms. The number of nitrogens with one attached hydrogen (secondary N) is 2. The zero-order valence-electron chi connectivity index (χ0n) is 15.9. The van der Waals surface area contributed by atoms with Crippen molar-refractivity contribution in [3.05, 3.63) is 66.2 Å². The zero-order valence-corrected chi connectivity index (χ0v) is 15.9. The molecule has 2 aromatic rings. The van der Waals surface area contributed by atoms with Crippen LogP contribution >= 0.6 is 0 Å². The number of aliphatic hydroxyl groups is 1. The quantitative estimate of drug-likeness (QED) is 0.584. The van der Waals surface area contributed by atoms with Crippen molar-refractivity contribution in [2.75, 3.05) is 19.7 Å². The number of ether oxygens (including phenoxy) is 1. The van der Waals surface area contributed by atoms with Crippen LogP contribution in [0.1, 0.15) is 19.4 Å². The van der Waals surface area contributed by atoms with E-state index in [9.17, 15) is 9.90 Å². The van der Waals surface area contributed by atoms with Gasteiger partial charge in [0.25, 0.3) is 0 Å². The number of amides is 1. The van der Waals surface area contributed by atoms with Gasteiger partial charge in [-0.2, -0.15) is 0 Å². The van der Waals surface area contributed by atoms with Crippen molar-refractivity contribution in [2.24, 2.45) is 0 Å². The molecule has 0 aliphatic rings. The highest BCUT2D eigenvalue weighted by Crippen LogP contribution is 2.09. The van der Waals surface area contributed by atoms with E-state index in [0.29, 0.717) is 19.5 Å². The highest BCUT2D eigenvalue weighted by molar-refractivity contribution is 5.78. The van der Waals surface area contributed by atoms with Crippen LogP contribution in [-0.2, 0) is 11.2 Å². The molecule has 1 amide bonds. The lowest BCUT2D eigenvalue weighted by molar-refractivity contribution is -0.120. The second-order valence-electron chi connectivity index (χ2n) is 6.98. The van der Waals surface area contributed by atoms with Gasteiger partial charge in [0.1, 0.15) is 18.5 Å². The highest BCUT2D eigenvalue weighted by Gasteiger charge is 2.19. The average Bonchev–Trinajstić information content (AvgIpc) is 2.65. The molecule has 27 heavy (non-hydrogen) atoms. The van der Waals surface area contributed by atoms with Crippen molar-refractivity contribution >= 4 is 5.91 Å². The minimum atomic E-state index is -0.630. The zero-order chi connectivity index (χ0) is 18.8. The molecule has 5 N–H and O–H groups in total. The number of carbonyl (C=O) groups excluding carboxylic acids is 1. The van der Waals surface area contributed by atoms with Crippen LogP contribution < -0.4 is 15.4 Å². The van der Waals surface area contributed by atoms with Crippen molar-refractivity contribution in [3.8, 4) is 5.75 Å². The van der Waals surface area contributed by atoms with Gasteiger partial charge < -0.3 is 26.0 Å². The Labute approximate surface area is 160 Å². The number of hydrogen-bond acceptors (Lipinski definition) is 4. The number of para-hydroxylation sites is 1. The minimum absolute atomic E-state index is 0. The molecule has 0 bridgehead atoms. The molecular weight excluding hydrogens is 344 g/mol. The first-order valence-corrected chi connectivity index (χ1v) is 8.86. The van der Waals surface area contributed by atoms with Gasteiger partial charge in [-0.15, -0.1) is 0 Å². The molecule has 6 nitrogen and oxygen atoms in total. The third-order valence-electron chi connectivity index (χ3n) is 3.94. The number of aliphatic hydroxyl groups excluding tert-OH is 1. The smallest absolute Gasteiger partial charge is 0.224 e. The normalized spacial score (nSPS) is 12.0. The van der Waals surface area contributed by atoms with Gasteiger partial charge in [0.15, 0.2) is 0 Å². The van der Waals surface area contributed by atoms with Crippen molar-refractivity contribution in [1.82, 2.24) is 10.6 Å². The molecule has 0 fully saturated rings. The highest BCUT2D eigenvalue weighted by atomic mass is 16.5. The number of benzene rings is 2. The van der Waals surface area contributed by atoms with Crippen LogP contribution in [0, 0.1) is 0 Å². The first kappa shape index (κ1) is 22.6. The first-order chi connectivity index (χ1) is 12.4. The van der Waals surface area contributed by atoms with Gasteiger partial charge in [0.05, 0.1) is 6.42 Å². The molecule has 0 heterocycles. The van der Waals surface area contributed by atoms with Crippen LogP contribution in [0.4, 0.5) is 0 Å². The van der Waals surface area contributed by atoms with E-state index in [1.807, 2.05) is 74.5 Å². The van der Waals surface area contributed by atoms with Crippen LogP contribution in [0.2, 0.25) is 0 Å². The average molecular weight is 374 g/mol. The molecule has 0 radical (unpaired) electrons. The van der Waals surface area contributed by atoms with E-state index in [4.69, 9.17) is 4.74 Å². The van der Waals surface area contributed by atoms with Crippen LogP contribution in [0.15, 0.2) is 60.7 Å². The molecule has 0 aliphatic carbocycles. The van der Waals surface area contributed by atoms with Crippen molar-refractivity contribution in [3.63, 3.8) is 0 Å². The first-order valence-electron chi connectivity index (χ1n) is 8.86. The number of carbonyl (C=O) groups is 1. The summed E-state index contributed by atoms with van der Waals surface area (Å²) in [7, 11) is 0. The summed E-state index contributed by atoms with van der Waals surface area (Å²) in [6.45, 7) is 5.05. The molecular formula is C21H30N2O4. The Morgan fingerprint density at radius 3 is 2.30 bits per heavy atom. The Morgan fingerprint density at radius 2 is 1.67 bits per heavy atom. The van der Waals surface area contributed by atoms with E-state index in [1.165, 1.54) is 0 Å². The van der Waals surface area contributed by atoms with E-state index < -0.39 is 6.10 Å². The number of rotatable bonds is 10. The predicted octanol–water partition coefficient (Wildman–Crippen LogP) is 1.33. The third-order valence-corrected chi connectivity index (χ3v) is 3.94. The summed E-state index contributed by atoms with van der Waals surface area (Å²) in [5, 5.41) is 16.3. The largest absolute Gasteiger partial charge is 0.491 e. The second kappa shape index (κ2) is 11.3. The Kier molecular flexibility index (Phi) is 9.50. The van der Waals surface area contributed by atoms with E-state index in [1.54, 1.807) is 0 Å². The summed E-state index contributed by atoms with van der Waals surface area (Å²) in [4.78, 5) is 12.0. The molecule has 1 unspecified atom stereocenters. The number of β-amino-alcohol motifs (C(OH)–C–C–N with tert-alkyl or cyclic N) is 1. The van der Waals surface area contributed by atoms with Crippen LogP contribution in [0.25, 0.3) is 0 Å².